The van der Waals surface area contributed by atoms with Crippen molar-refractivity contribution in [2.45, 2.75) is 12.8 Å². The van der Waals surface area contributed by atoms with Gasteiger partial charge < -0.3 is 10.2 Å². The van der Waals surface area contributed by atoms with E-state index in [0.29, 0.717) is 6.01 Å². The lowest BCUT2D eigenvalue weighted by atomic mass is 10.1. The van der Waals surface area contributed by atoms with Gasteiger partial charge >= 0.3 is 6.01 Å². The van der Waals surface area contributed by atoms with E-state index >= 15 is 0 Å². The normalized spacial score (nSPS) is 16.4. The molecule has 1 saturated heterocycles. The van der Waals surface area contributed by atoms with Crippen LogP contribution in [0.25, 0.3) is 0 Å². The van der Waals surface area contributed by atoms with Crippen molar-refractivity contribution < 1.29 is 4.84 Å². The molecule has 0 aliphatic carbocycles. The molecule has 1 aromatic rings. The molecule has 2 rings (SSSR count). The molecule has 0 spiro atoms. The molecule has 1 fully saturated rings. The van der Waals surface area contributed by atoms with E-state index in [2.05, 4.69) is 20.4 Å². The molecule has 14 heavy (non-hydrogen) atoms. The van der Waals surface area contributed by atoms with Gasteiger partial charge in [0.15, 0.2) is 0 Å². The zero-order valence-corrected chi connectivity index (χ0v) is 7.81. The average Bonchev–Trinajstić information content (AvgIpc) is 2.29. The Kier molecular flexibility index (Phi) is 3.03. The summed E-state index contributed by atoms with van der Waals surface area (Å²) < 4.78 is 0. The molecule has 5 nitrogen and oxygen atoms in total. The van der Waals surface area contributed by atoms with Crippen LogP contribution in [0.15, 0.2) is 23.6 Å². The van der Waals surface area contributed by atoms with Gasteiger partial charge in [0.1, 0.15) is 0 Å². The van der Waals surface area contributed by atoms with Crippen LogP contribution in [0, 0.1) is 0 Å². The van der Waals surface area contributed by atoms with Crippen LogP contribution in [-0.4, -0.2) is 28.8 Å². The van der Waals surface area contributed by atoms with E-state index < -0.39 is 0 Å². The summed E-state index contributed by atoms with van der Waals surface area (Å²) in [5.41, 5.74) is 1.07. The molecule has 0 atom stereocenters. The van der Waals surface area contributed by atoms with Crippen LogP contribution in [0.2, 0.25) is 0 Å². The Bertz CT molecular complexity index is 304. The Morgan fingerprint density at radius 3 is 2.64 bits per heavy atom. The number of nitrogens with zero attached hydrogens (tertiary/aromatic N) is 3. The largest absolute Gasteiger partial charge is 0.345 e. The Morgan fingerprint density at radius 1 is 1.21 bits per heavy atom. The molecule has 0 aromatic carbocycles. The fraction of sp³-hybridized carbons (Fsp3) is 0.444. The van der Waals surface area contributed by atoms with Crippen molar-refractivity contribution in [1.82, 2.24) is 15.3 Å². The van der Waals surface area contributed by atoms with Crippen molar-refractivity contribution >= 4 is 5.71 Å². The summed E-state index contributed by atoms with van der Waals surface area (Å²) in [6, 6.07) is 2.04. The number of aromatic nitrogens is 2. The smallest absolute Gasteiger partial charge is 0.316 e. The molecule has 5 heteroatoms. The number of piperidine rings is 1. The van der Waals surface area contributed by atoms with Gasteiger partial charge in [0, 0.05) is 38.3 Å². The molecule has 0 saturated carbocycles. The molecule has 1 N–H and O–H groups in total. The predicted molar refractivity (Wildman–Crippen MR) is 52.2 cm³/mol. The highest BCUT2D eigenvalue weighted by Crippen LogP contribution is 2.02. The lowest BCUT2D eigenvalue weighted by Gasteiger charge is -2.12. The van der Waals surface area contributed by atoms with Crippen molar-refractivity contribution in [3.63, 3.8) is 0 Å². The van der Waals surface area contributed by atoms with Crippen LogP contribution in [0.4, 0.5) is 0 Å². The van der Waals surface area contributed by atoms with Gasteiger partial charge in [-0.15, -0.1) is 0 Å². The average molecular weight is 192 g/mol. The van der Waals surface area contributed by atoms with Gasteiger partial charge in [-0.2, -0.15) is 0 Å². The summed E-state index contributed by atoms with van der Waals surface area (Å²) in [4.78, 5) is 12.9. The topological polar surface area (TPSA) is 59.4 Å². The second-order valence-corrected chi connectivity index (χ2v) is 3.03. The highest BCUT2D eigenvalue weighted by molar-refractivity contribution is 5.85. The summed E-state index contributed by atoms with van der Waals surface area (Å²) in [6.07, 6.45) is 5.13. The Morgan fingerprint density at radius 2 is 1.93 bits per heavy atom. The summed E-state index contributed by atoms with van der Waals surface area (Å²) >= 11 is 0. The quantitative estimate of drug-likeness (QED) is 0.697. The molecule has 0 radical (unpaired) electrons. The molecule has 0 unspecified atom stereocenters. The Hall–Kier alpha value is -1.49. The first-order valence-corrected chi connectivity index (χ1v) is 4.65. The van der Waals surface area contributed by atoms with Crippen LogP contribution >= 0.6 is 0 Å². The van der Waals surface area contributed by atoms with Gasteiger partial charge in [-0.3, -0.25) is 0 Å². The van der Waals surface area contributed by atoms with E-state index in [-0.39, 0.29) is 0 Å². The van der Waals surface area contributed by atoms with Crippen LogP contribution in [0.1, 0.15) is 12.8 Å². The molecule has 1 aliphatic rings. The fourth-order valence-corrected chi connectivity index (χ4v) is 1.24. The number of oxime groups is 1. The maximum atomic E-state index is 5.08. The van der Waals surface area contributed by atoms with Crippen molar-refractivity contribution in [1.29, 1.82) is 0 Å². The minimum absolute atomic E-state index is 0.304. The first kappa shape index (κ1) is 9.08. The molecular formula is C9H12N4O. The third-order valence-corrected chi connectivity index (χ3v) is 1.98. The highest BCUT2D eigenvalue weighted by Gasteiger charge is 2.06. The maximum Gasteiger partial charge on any atom is 0.345 e. The molecule has 1 aromatic heterocycles. The van der Waals surface area contributed by atoms with Crippen LogP contribution < -0.4 is 10.2 Å². The van der Waals surface area contributed by atoms with E-state index in [9.17, 15) is 0 Å². The second-order valence-electron chi connectivity index (χ2n) is 3.03. The van der Waals surface area contributed by atoms with Crippen LogP contribution in [-0.2, 0) is 0 Å². The molecule has 74 valence electrons. The standard InChI is InChI=1S/C9H12N4O/c1-4-11-9(12-5-1)14-13-8-2-6-10-7-3-8/h1,4-5,10H,2-3,6-7H2. The van der Waals surface area contributed by atoms with Crippen molar-refractivity contribution in [3.05, 3.63) is 18.5 Å². The monoisotopic (exact) mass is 192 g/mol. The third kappa shape index (κ3) is 2.50. The highest BCUT2D eigenvalue weighted by atomic mass is 16.6. The van der Waals surface area contributed by atoms with E-state index in [1.165, 1.54) is 0 Å². The minimum Gasteiger partial charge on any atom is -0.316 e. The zero-order valence-electron chi connectivity index (χ0n) is 7.81. The molecule has 0 amide bonds. The fourth-order valence-electron chi connectivity index (χ4n) is 1.24. The van der Waals surface area contributed by atoms with Gasteiger partial charge in [0.25, 0.3) is 0 Å². The van der Waals surface area contributed by atoms with Crippen molar-refractivity contribution in [3.8, 4) is 6.01 Å². The van der Waals surface area contributed by atoms with Gasteiger partial charge in [-0.05, 0) is 6.07 Å². The molecule has 2 heterocycles. The summed E-state index contributed by atoms with van der Waals surface area (Å²) in [6.45, 7) is 1.94. The van der Waals surface area contributed by atoms with Gasteiger partial charge in [-0.1, -0.05) is 5.16 Å². The number of nitrogens with one attached hydrogen (secondary N) is 1. The first-order chi connectivity index (χ1) is 6.95. The molecular weight excluding hydrogens is 180 g/mol. The van der Waals surface area contributed by atoms with Gasteiger partial charge in [0.05, 0.1) is 5.71 Å². The summed E-state index contributed by atoms with van der Waals surface area (Å²) in [5.74, 6) is 0. The van der Waals surface area contributed by atoms with E-state index in [0.717, 1.165) is 31.6 Å². The first-order valence-electron chi connectivity index (χ1n) is 4.65. The SMILES string of the molecule is c1cnc(ON=C2CCNCC2)nc1. The van der Waals surface area contributed by atoms with Crippen molar-refractivity contribution in [2.24, 2.45) is 5.16 Å². The van der Waals surface area contributed by atoms with E-state index in [1.54, 1.807) is 18.5 Å². The Balaban J connectivity index is 1.92. The predicted octanol–water partition coefficient (Wildman–Crippen LogP) is 0.595. The van der Waals surface area contributed by atoms with Crippen LogP contribution in [0.5, 0.6) is 6.01 Å². The lowest BCUT2D eigenvalue weighted by Crippen LogP contribution is -2.28. The lowest BCUT2D eigenvalue weighted by molar-refractivity contribution is 0.309. The third-order valence-electron chi connectivity index (χ3n) is 1.98. The summed E-state index contributed by atoms with van der Waals surface area (Å²) in [5, 5.41) is 7.25. The number of rotatable bonds is 2. The zero-order chi connectivity index (χ0) is 9.64. The summed E-state index contributed by atoms with van der Waals surface area (Å²) in [7, 11) is 0. The van der Waals surface area contributed by atoms with Gasteiger partial charge in [-0.25, -0.2) is 9.97 Å². The Labute approximate surface area is 82.2 Å². The van der Waals surface area contributed by atoms with E-state index in [4.69, 9.17) is 4.84 Å². The second kappa shape index (κ2) is 4.66. The molecule has 0 bridgehead atoms. The minimum atomic E-state index is 0.304. The molecule has 1 aliphatic heterocycles. The van der Waals surface area contributed by atoms with E-state index in [1.807, 2.05) is 0 Å². The number of hydrogen-bond acceptors (Lipinski definition) is 5. The maximum absolute atomic E-state index is 5.08. The number of hydrogen-bond donors (Lipinski definition) is 1. The van der Waals surface area contributed by atoms with Crippen molar-refractivity contribution in [2.75, 3.05) is 13.1 Å². The van der Waals surface area contributed by atoms with Gasteiger partial charge in [0.2, 0.25) is 0 Å². The van der Waals surface area contributed by atoms with Crippen LogP contribution in [0.3, 0.4) is 0 Å².